The number of nitriles is 2. The SMILES string of the molecule is N#Cc1ccc(N2CC(CN3CCC(C#N)CC3)OC2C(F)(F)F)cc1C(F)(F)F. The molecule has 2 saturated heterocycles. The minimum atomic E-state index is -4.88. The Hall–Kier alpha value is -2.50. The van der Waals surface area contributed by atoms with Crippen LogP contribution in [0.15, 0.2) is 18.2 Å². The van der Waals surface area contributed by atoms with Crippen LogP contribution in [0.2, 0.25) is 0 Å². The number of hydrogen-bond donors (Lipinski definition) is 0. The van der Waals surface area contributed by atoms with E-state index in [9.17, 15) is 26.3 Å². The van der Waals surface area contributed by atoms with Crippen molar-refractivity contribution in [3.63, 3.8) is 0 Å². The van der Waals surface area contributed by atoms with E-state index in [0.717, 1.165) is 17.0 Å². The first-order valence-corrected chi connectivity index (χ1v) is 9.25. The monoisotopic (exact) mass is 432 g/mol. The fourth-order valence-corrected chi connectivity index (χ4v) is 3.78. The molecule has 0 N–H and O–H groups in total. The fraction of sp³-hybridized carbons (Fsp3) is 0.579. The van der Waals surface area contributed by atoms with Crippen molar-refractivity contribution < 1.29 is 31.1 Å². The van der Waals surface area contributed by atoms with Crippen molar-refractivity contribution in [2.45, 2.75) is 37.5 Å². The smallest absolute Gasteiger partial charge is 0.343 e. The third-order valence-electron chi connectivity index (χ3n) is 5.28. The minimum absolute atomic E-state index is 0.0791. The van der Waals surface area contributed by atoms with Gasteiger partial charge in [-0.3, -0.25) is 0 Å². The molecular formula is C19H18F6N4O. The molecule has 30 heavy (non-hydrogen) atoms. The predicted octanol–water partition coefficient (Wildman–Crippen LogP) is 3.91. The summed E-state index contributed by atoms with van der Waals surface area (Å²) in [5, 5.41) is 17.8. The van der Waals surface area contributed by atoms with E-state index in [2.05, 4.69) is 6.07 Å². The number of ether oxygens (including phenoxy) is 1. The number of anilines is 1. The lowest BCUT2D eigenvalue weighted by Crippen LogP contribution is -2.42. The summed E-state index contributed by atoms with van der Waals surface area (Å²) >= 11 is 0. The molecule has 2 atom stereocenters. The average molecular weight is 432 g/mol. The van der Waals surface area contributed by atoms with Crippen molar-refractivity contribution in [3.05, 3.63) is 29.3 Å². The molecule has 0 radical (unpaired) electrons. The van der Waals surface area contributed by atoms with E-state index in [0.29, 0.717) is 32.0 Å². The largest absolute Gasteiger partial charge is 0.433 e. The maximum Gasteiger partial charge on any atom is 0.433 e. The van der Waals surface area contributed by atoms with Crippen molar-refractivity contribution in [1.82, 2.24) is 4.90 Å². The average Bonchev–Trinajstić information content (AvgIpc) is 3.11. The lowest BCUT2D eigenvalue weighted by atomic mass is 9.98. The molecule has 0 aromatic heterocycles. The second-order valence-corrected chi connectivity index (χ2v) is 7.35. The Balaban J connectivity index is 1.81. The van der Waals surface area contributed by atoms with Crippen LogP contribution in [0.25, 0.3) is 0 Å². The van der Waals surface area contributed by atoms with Gasteiger partial charge in [0.25, 0.3) is 0 Å². The molecule has 2 aliphatic rings. The molecule has 2 heterocycles. The van der Waals surface area contributed by atoms with Crippen molar-refractivity contribution in [2.75, 3.05) is 31.1 Å². The number of hydrogen-bond acceptors (Lipinski definition) is 5. The van der Waals surface area contributed by atoms with E-state index >= 15 is 0 Å². The topological polar surface area (TPSA) is 63.3 Å². The third kappa shape index (κ3) is 4.79. The number of alkyl halides is 6. The quantitative estimate of drug-likeness (QED) is 0.678. The van der Waals surface area contributed by atoms with Crippen molar-refractivity contribution in [3.8, 4) is 12.1 Å². The number of piperidine rings is 1. The van der Waals surface area contributed by atoms with E-state index in [1.54, 1.807) is 0 Å². The number of likely N-dealkylation sites (tertiary alicyclic amines) is 1. The number of nitrogens with zero attached hydrogens (tertiary/aromatic N) is 4. The highest BCUT2D eigenvalue weighted by Crippen LogP contribution is 2.39. The highest BCUT2D eigenvalue weighted by Gasteiger charge is 2.51. The van der Waals surface area contributed by atoms with Gasteiger partial charge in [0.2, 0.25) is 6.23 Å². The predicted molar refractivity (Wildman–Crippen MR) is 93.0 cm³/mol. The molecule has 162 valence electrons. The van der Waals surface area contributed by atoms with E-state index < -0.39 is 35.8 Å². The van der Waals surface area contributed by atoms with Gasteiger partial charge in [-0.25, -0.2) is 0 Å². The summed E-state index contributed by atoms with van der Waals surface area (Å²) in [7, 11) is 0. The molecule has 0 saturated carbocycles. The zero-order valence-corrected chi connectivity index (χ0v) is 15.7. The Kier molecular flexibility index (Phi) is 6.16. The molecule has 5 nitrogen and oxygen atoms in total. The van der Waals surface area contributed by atoms with Crippen LogP contribution in [-0.4, -0.2) is 49.6 Å². The Bertz CT molecular complexity index is 849. The molecule has 0 spiro atoms. The summed E-state index contributed by atoms with van der Waals surface area (Å²) < 4.78 is 85.5. The van der Waals surface area contributed by atoms with Crippen molar-refractivity contribution in [2.24, 2.45) is 5.92 Å². The molecule has 1 aromatic carbocycles. The van der Waals surface area contributed by atoms with Crippen LogP contribution in [0.3, 0.4) is 0 Å². The van der Waals surface area contributed by atoms with E-state index in [1.807, 2.05) is 4.90 Å². The second kappa shape index (κ2) is 8.32. The first-order valence-electron chi connectivity index (χ1n) is 9.25. The number of halogens is 6. The van der Waals surface area contributed by atoms with Crippen LogP contribution >= 0.6 is 0 Å². The van der Waals surface area contributed by atoms with Crippen molar-refractivity contribution >= 4 is 5.69 Å². The molecule has 0 aliphatic carbocycles. The van der Waals surface area contributed by atoms with Gasteiger partial charge in [-0.1, -0.05) is 0 Å². The summed E-state index contributed by atoms with van der Waals surface area (Å²) in [5.74, 6) is -0.0791. The van der Waals surface area contributed by atoms with E-state index in [-0.39, 0.29) is 24.7 Å². The summed E-state index contributed by atoms with van der Waals surface area (Å²) in [6.45, 7) is 1.03. The molecule has 2 unspecified atom stereocenters. The van der Waals surface area contributed by atoms with Crippen LogP contribution in [0.1, 0.15) is 24.0 Å². The molecule has 2 aliphatic heterocycles. The highest BCUT2D eigenvalue weighted by atomic mass is 19.4. The van der Waals surface area contributed by atoms with Gasteiger partial charge in [0, 0.05) is 24.7 Å². The van der Waals surface area contributed by atoms with Gasteiger partial charge in [-0.2, -0.15) is 36.9 Å². The van der Waals surface area contributed by atoms with Crippen LogP contribution in [0.5, 0.6) is 0 Å². The van der Waals surface area contributed by atoms with Gasteiger partial charge in [0.1, 0.15) is 0 Å². The highest BCUT2D eigenvalue weighted by molar-refractivity contribution is 5.56. The maximum atomic E-state index is 13.5. The van der Waals surface area contributed by atoms with Crippen LogP contribution in [-0.2, 0) is 10.9 Å². The Morgan fingerprint density at radius 1 is 1.07 bits per heavy atom. The molecule has 11 heteroatoms. The molecule has 0 bridgehead atoms. The first-order chi connectivity index (χ1) is 14.0. The van der Waals surface area contributed by atoms with E-state index in [1.165, 1.54) is 6.07 Å². The molecule has 1 aromatic rings. The minimum Gasteiger partial charge on any atom is -0.343 e. The van der Waals surface area contributed by atoms with Gasteiger partial charge in [0.15, 0.2) is 0 Å². The van der Waals surface area contributed by atoms with Gasteiger partial charge < -0.3 is 14.5 Å². The Morgan fingerprint density at radius 3 is 2.27 bits per heavy atom. The van der Waals surface area contributed by atoms with E-state index in [4.69, 9.17) is 15.3 Å². The van der Waals surface area contributed by atoms with Crippen molar-refractivity contribution in [1.29, 1.82) is 10.5 Å². The summed E-state index contributed by atoms with van der Waals surface area (Å²) in [6.07, 6.45) is -11.7. The van der Waals surface area contributed by atoms with Gasteiger partial charge in [-0.05, 0) is 44.1 Å². The maximum absolute atomic E-state index is 13.5. The third-order valence-corrected chi connectivity index (χ3v) is 5.28. The Labute approximate surface area is 169 Å². The summed E-state index contributed by atoms with van der Waals surface area (Å²) in [6, 6.07) is 6.07. The van der Waals surface area contributed by atoms with Gasteiger partial charge in [-0.15, -0.1) is 0 Å². The lowest BCUT2D eigenvalue weighted by molar-refractivity contribution is -0.214. The summed E-state index contributed by atoms with van der Waals surface area (Å²) in [5.41, 5.74) is -2.26. The zero-order chi connectivity index (χ0) is 22.1. The fourth-order valence-electron chi connectivity index (χ4n) is 3.78. The van der Waals surface area contributed by atoms with Gasteiger partial charge in [0.05, 0.1) is 29.4 Å². The number of benzene rings is 1. The standard InChI is InChI=1S/C19H18F6N4O/c20-18(21,22)16-7-14(2-1-13(16)9-27)29-11-15(30-17(29)19(23,24)25)10-28-5-3-12(8-26)4-6-28/h1-2,7,12,15,17H,3-6,10-11H2. The normalized spacial score (nSPS) is 23.9. The molecule has 2 fully saturated rings. The van der Waals surface area contributed by atoms with Crippen LogP contribution in [0, 0.1) is 28.6 Å². The molecular weight excluding hydrogens is 414 g/mol. The Morgan fingerprint density at radius 2 is 1.73 bits per heavy atom. The summed E-state index contributed by atoms with van der Waals surface area (Å²) in [4.78, 5) is 2.65. The first kappa shape index (κ1) is 22.2. The lowest BCUT2D eigenvalue weighted by Gasteiger charge is -2.30. The van der Waals surface area contributed by atoms with Crippen LogP contribution < -0.4 is 4.90 Å². The van der Waals surface area contributed by atoms with Crippen LogP contribution in [0.4, 0.5) is 32.0 Å². The number of rotatable bonds is 3. The van der Waals surface area contributed by atoms with Gasteiger partial charge >= 0.3 is 12.4 Å². The molecule has 3 rings (SSSR count). The molecule has 0 amide bonds. The zero-order valence-electron chi connectivity index (χ0n) is 15.7. The second-order valence-electron chi connectivity index (χ2n) is 7.35.